The SMILES string of the molecule is CCNCCN(CC)CC.CCNCCN(CC)CC. The summed E-state index contributed by atoms with van der Waals surface area (Å²) in [7, 11) is 0. The second-order valence-corrected chi connectivity index (χ2v) is 4.76. The Balaban J connectivity index is 0. The first kappa shape index (κ1) is 22.1. The Hall–Kier alpha value is -0.160. The molecule has 0 radical (unpaired) electrons. The molecule has 0 aliphatic heterocycles. The van der Waals surface area contributed by atoms with E-state index in [1.54, 1.807) is 0 Å². The van der Waals surface area contributed by atoms with E-state index in [2.05, 4.69) is 62.0 Å². The lowest BCUT2D eigenvalue weighted by molar-refractivity contribution is 0.303. The van der Waals surface area contributed by atoms with Gasteiger partial charge in [0.25, 0.3) is 0 Å². The zero-order valence-electron chi connectivity index (χ0n) is 15.0. The second kappa shape index (κ2) is 18.8. The fourth-order valence-corrected chi connectivity index (χ4v) is 1.91. The van der Waals surface area contributed by atoms with Crippen LogP contribution >= 0.6 is 0 Å². The average Bonchev–Trinajstić information content (AvgIpc) is 2.49. The van der Waals surface area contributed by atoms with Crippen LogP contribution in [0.15, 0.2) is 0 Å². The lowest BCUT2D eigenvalue weighted by atomic mass is 10.4. The summed E-state index contributed by atoms with van der Waals surface area (Å²) < 4.78 is 0. The van der Waals surface area contributed by atoms with Gasteiger partial charge in [-0.05, 0) is 39.3 Å². The number of rotatable bonds is 12. The van der Waals surface area contributed by atoms with Crippen molar-refractivity contribution in [1.82, 2.24) is 20.4 Å². The van der Waals surface area contributed by atoms with Gasteiger partial charge >= 0.3 is 0 Å². The van der Waals surface area contributed by atoms with Crippen LogP contribution in [0, 0.1) is 0 Å². The molecule has 0 saturated carbocycles. The smallest absolute Gasteiger partial charge is 0.0107 e. The normalized spacial score (nSPS) is 10.8. The molecule has 0 unspecified atom stereocenters. The Labute approximate surface area is 128 Å². The molecule has 0 rings (SSSR count). The van der Waals surface area contributed by atoms with Crippen LogP contribution in [0.2, 0.25) is 0 Å². The van der Waals surface area contributed by atoms with Gasteiger partial charge in [0.15, 0.2) is 0 Å². The van der Waals surface area contributed by atoms with Crippen LogP contribution in [0.3, 0.4) is 0 Å². The number of nitrogens with one attached hydrogen (secondary N) is 2. The van der Waals surface area contributed by atoms with Gasteiger partial charge in [-0.25, -0.2) is 0 Å². The highest BCUT2D eigenvalue weighted by molar-refractivity contribution is 4.54. The number of hydrogen-bond donors (Lipinski definition) is 2. The third kappa shape index (κ3) is 15.9. The summed E-state index contributed by atoms with van der Waals surface area (Å²) >= 11 is 0. The number of likely N-dealkylation sites (N-methyl/N-ethyl adjacent to an activating group) is 4. The topological polar surface area (TPSA) is 30.5 Å². The lowest BCUT2D eigenvalue weighted by Crippen LogP contribution is -2.31. The first-order chi connectivity index (χ1) is 9.69. The molecule has 4 nitrogen and oxygen atoms in total. The Kier molecular flexibility index (Phi) is 20.8. The molecule has 0 fully saturated rings. The minimum absolute atomic E-state index is 1.08. The van der Waals surface area contributed by atoms with Gasteiger partial charge in [0.1, 0.15) is 0 Å². The maximum atomic E-state index is 3.31. The van der Waals surface area contributed by atoms with Crippen molar-refractivity contribution in [3.63, 3.8) is 0 Å². The van der Waals surface area contributed by atoms with E-state index in [0.29, 0.717) is 0 Å². The van der Waals surface area contributed by atoms with Crippen molar-refractivity contribution < 1.29 is 0 Å². The van der Waals surface area contributed by atoms with Crippen LogP contribution in [0.1, 0.15) is 41.5 Å². The minimum Gasteiger partial charge on any atom is -0.316 e. The van der Waals surface area contributed by atoms with Crippen LogP contribution in [0.4, 0.5) is 0 Å². The van der Waals surface area contributed by atoms with Crippen LogP contribution in [-0.2, 0) is 0 Å². The summed E-state index contributed by atoms with van der Waals surface area (Å²) in [5.41, 5.74) is 0. The summed E-state index contributed by atoms with van der Waals surface area (Å²) in [6, 6.07) is 0. The zero-order chi connectivity index (χ0) is 15.6. The van der Waals surface area contributed by atoms with E-state index < -0.39 is 0 Å². The van der Waals surface area contributed by atoms with Gasteiger partial charge in [-0.1, -0.05) is 41.5 Å². The van der Waals surface area contributed by atoms with Crippen molar-refractivity contribution in [2.75, 3.05) is 65.4 Å². The standard InChI is InChI=1S/2C8H20N2/c2*1-4-9-7-8-10(5-2)6-3/h2*9H,4-8H2,1-3H3. The van der Waals surface area contributed by atoms with E-state index in [-0.39, 0.29) is 0 Å². The van der Waals surface area contributed by atoms with Crippen molar-refractivity contribution >= 4 is 0 Å². The van der Waals surface area contributed by atoms with E-state index >= 15 is 0 Å². The molecule has 0 aliphatic carbocycles. The predicted octanol–water partition coefficient (Wildman–Crippen LogP) is 1.88. The third-order valence-corrected chi connectivity index (χ3v) is 3.50. The van der Waals surface area contributed by atoms with Crippen LogP contribution in [-0.4, -0.2) is 75.2 Å². The quantitative estimate of drug-likeness (QED) is 0.537. The molecule has 0 amide bonds. The molecule has 0 spiro atoms. The molecule has 0 aromatic heterocycles. The van der Waals surface area contributed by atoms with E-state index in [1.165, 1.54) is 39.3 Å². The molecule has 124 valence electrons. The highest BCUT2D eigenvalue weighted by Crippen LogP contribution is 1.83. The highest BCUT2D eigenvalue weighted by atomic mass is 15.1. The molecule has 0 bridgehead atoms. The Morgan fingerprint density at radius 2 is 0.850 bits per heavy atom. The Morgan fingerprint density at radius 3 is 1.05 bits per heavy atom. The van der Waals surface area contributed by atoms with Crippen molar-refractivity contribution in [3.8, 4) is 0 Å². The van der Waals surface area contributed by atoms with Crippen LogP contribution < -0.4 is 10.6 Å². The van der Waals surface area contributed by atoms with Crippen molar-refractivity contribution in [2.24, 2.45) is 0 Å². The average molecular weight is 289 g/mol. The van der Waals surface area contributed by atoms with Crippen LogP contribution in [0.5, 0.6) is 0 Å². The third-order valence-electron chi connectivity index (χ3n) is 3.50. The molecular formula is C16H40N4. The van der Waals surface area contributed by atoms with Gasteiger partial charge in [-0.15, -0.1) is 0 Å². The monoisotopic (exact) mass is 288 g/mol. The van der Waals surface area contributed by atoms with Gasteiger partial charge in [-0.3, -0.25) is 0 Å². The largest absolute Gasteiger partial charge is 0.316 e. The molecule has 4 heteroatoms. The molecule has 20 heavy (non-hydrogen) atoms. The number of nitrogens with zero attached hydrogens (tertiary/aromatic N) is 2. The molecule has 0 aromatic rings. The molecule has 0 aromatic carbocycles. The highest BCUT2D eigenvalue weighted by Gasteiger charge is 1.96. The van der Waals surface area contributed by atoms with E-state index in [9.17, 15) is 0 Å². The molecule has 0 heterocycles. The Bertz CT molecular complexity index is 139. The maximum Gasteiger partial charge on any atom is 0.0107 e. The van der Waals surface area contributed by atoms with E-state index in [0.717, 1.165) is 26.2 Å². The lowest BCUT2D eigenvalue weighted by Gasteiger charge is -2.17. The van der Waals surface area contributed by atoms with Gasteiger partial charge in [0, 0.05) is 26.2 Å². The summed E-state index contributed by atoms with van der Waals surface area (Å²) in [5, 5.41) is 6.61. The molecule has 0 aliphatic rings. The predicted molar refractivity (Wildman–Crippen MR) is 92.7 cm³/mol. The van der Waals surface area contributed by atoms with Gasteiger partial charge in [0.05, 0.1) is 0 Å². The summed E-state index contributed by atoms with van der Waals surface area (Å²) in [6.45, 7) is 24.6. The summed E-state index contributed by atoms with van der Waals surface area (Å²) in [5.74, 6) is 0. The first-order valence-corrected chi connectivity index (χ1v) is 8.55. The second-order valence-electron chi connectivity index (χ2n) is 4.76. The molecular weight excluding hydrogens is 248 g/mol. The van der Waals surface area contributed by atoms with Crippen molar-refractivity contribution in [1.29, 1.82) is 0 Å². The van der Waals surface area contributed by atoms with Crippen LogP contribution in [0.25, 0.3) is 0 Å². The molecule has 2 N–H and O–H groups in total. The van der Waals surface area contributed by atoms with Gasteiger partial charge in [-0.2, -0.15) is 0 Å². The fourth-order valence-electron chi connectivity index (χ4n) is 1.91. The van der Waals surface area contributed by atoms with Crippen molar-refractivity contribution in [3.05, 3.63) is 0 Å². The van der Waals surface area contributed by atoms with Gasteiger partial charge in [0.2, 0.25) is 0 Å². The molecule has 0 saturated heterocycles. The fraction of sp³-hybridized carbons (Fsp3) is 1.00. The van der Waals surface area contributed by atoms with Crippen molar-refractivity contribution in [2.45, 2.75) is 41.5 Å². The molecule has 0 atom stereocenters. The summed E-state index contributed by atoms with van der Waals surface area (Å²) in [6.07, 6.45) is 0. The van der Waals surface area contributed by atoms with E-state index in [1.807, 2.05) is 0 Å². The number of hydrogen-bond acceptors (Lipinski definition) is 4. The zero-order valence-corrected chi connectivity index (χ0v) is 15.0. The van der Waals surface area contributed by atoms with E-state index in [4.69, 9.17) is 0 Å². The Morgan fingerprint density at radius 1 is 0.550 bits per heavy atom. The maximum absolute atomic E-state index is 3.31. The summed E-state index contributed by atoms with van der Waals surface area (Å²) in [4.78, 5) is 4.84. The van der Waals surface area contributed by atoms with Gasteiger partial charge < -0.3 is 20.4 Å². The minimum atomic E-state index is 1.08. The first-order valence-electron chi connectivity index (χ1n) is 8.55.